The molecule has 0 unspecified atom stereocenters. The largest absolute Gasteiger partial charge is 0.361 e. The first kappa shape index (κ1) is 7.84. The molecular formula is C10H15NO. The van der Waals surface area contributed by atoms with E-state index in [1.807, 2.05) is 6.20 Å². The molecule has 1 heterocycles. The first-order valence-electron chi connectivity index (χ1n) is 4.73. The van der Waals surface area contributed by atoms with Gasteiger partial charge in [0.25, 0.3) is 0 Å². The Morgan fingerprint density at radius 2 is 2.25 bits per heavy atom. The van der Waals surface area contributed by atoms with Crippen LogP contribution in [0.4, 0.5) is 0 Å². The van der Waals surface area contributed by atoms with Crippen molar-refractivity contribution in [2.24, 2.45) is 0 Å². The third kappa shape index (κ3) is 1.15. The highest BCUT2D eigenvalue weighted by Crippen LogP contribution is 2.39. The number of hydrogen-bond acceptors (Lipinski definition) is 2. The van der Waals surface area contributed by atoms with Gasteiger partial charge in [0.15, 0.2) is 0 Å². The molecule has 12 heavy (non-hydrogen) atoms. The van der Waals surface area contributed by atoms with Gasteiger partial charge < -0.3 is 4.52 Å². The molecule has 66 valence electrons. The topological polar surface area (TPSA) is 26.0 Å². The van der Waals surface area contributed by atoms with E-state index in [1.165, 1.54) is 24.8 Å². The van der Waals surface area contributed by atoms with Gasteiger partial charge in [-0.1, -0.05) is 25.4 Å². The molecule has 0 spiro atoms. The molecule has 0 radical (unpaired) electrons. The van der Waals surface area contributed by atoms with E-state index in [0.29, 0.717) is 5.92 Å². The second-order valence-electron chi connectivity index (χ2n) is 3.93. The number of hydrogen-bond donors (Lipinski definition) is 0. The summed E-state index contributed by atoms with van der Waals surface area (Å²) in [5.41, 5.74) is 1.36. The SMILES string of the molecule is CC(C)c1oncc1C1CCC1. The number of rotatable bonds is 2. The molecular weight excluding hydrogens is 150 g/mol. The molecule has 2 nitrogen and oxygen atoms in total. The highest BCUT2D eigenvalue weighted by molar-refractivity contribution is 5.23. The van der Waals surface area contributed by atoms with Crippen LogP contribution in [0.5, 0.6) is 0 Å². The quantitative estimate of drug-likeness (QED) is 0.673. The minimum atomic E-state index is 0.475. The van der Waals surface area contributed by atoms with Crippen LogP contribution in [-0.4, -0.2) is 5.16 Å². The molecule has 0 atom stereocenters. The van der Waals surface area contributed by atoms with Crippen LogP contribution in [-0.2, 0) is 0 Å². The molecule has 0 bridgehead atoms. The summed E-state index contributed by atoms with van der Waals surface area (Å²) in [5.74, 6) is 2.32. The molecule has 1 aliphatic rings. The van der Waals surface area contributed by atoms with Crippen LogP contribution < -0.4 is 0 Å². The fourth-order valence-electron chi connectivity index (χ4n) is 1.72. The van der Waals surface area contributed by atoms with E-state index in [0.717, 1.165) is 11.7 Å². The highest BCUT2D eigenvalue weighted by Gasteiger charge is 2.25. The Hall–Kier alpha value is -0.790. The molecule has 1 aromatic rings. The normalized spacial score (nSPS) is 18.2. The van der Waals surface area contributed by atoms with Crippen molar-refractivity contribution in [3.05, 3.63) is 17.5 Å². The van der Waals surface area contributed by atoms with Gasteiger partial charge in [-0.3, -0.25) is 0 Å². The van der Waals surface area contributed by atoms with Gasteiger partial charge in [-0.15, -0.1) is 0 Å². The van der Waals surface area contributed by atoms with Crippen molar-refractivity contribution in [3.63, 3.8) is 0 Å². The zero-order valence-corrected chi connectivity index (χ0v) is 7.71. The summed E-state index contributed by atoms with van der Waals surface area (Å²) in [5, 5.41) is 3.87. The number of aromatic nitrogens is 1. The molecule has 1 aliphatic carbocycles. The zero-order valence-electron chi connectivity index (χ0n) is 7.71. The Morgan fingerprint density at radius 1 is 1.50 bits per heavy atom. The molecule has 0 N–H and O–H groups in total. The van der Waals surface area contributed by atoms with Crippen LogP contribution >= 0.6 is 0 Å². The van der Waals surface area contributed by atoms with Crippen molar-refractivity contribution in [2.45, 2.75) is 44.9 Å². The third-order valence-corrected chi connectivity index (χ3v) is 2.70. The summed E-state index contributed by atoms with van der Waals surface area (Å²) in [6, 6.07) is 0. The molecule has 1 saturated carbocycles. The molecule has 0 amide bonds. The van der Waals surface area contributed by atoms with Crippen LogP contribution in [0.2, 0.25) is 0 Å². The molecule has 1 aromatic heterocycles. The van der Waals surface area contributed by atoms with Crippen LogP contribution in [0.25, 0.3) is 0 Å². The summed E-state index contributed by atoms with van der Waals surface area (Å²) in [7, 11) is 0. The molecule has 2 heteroatoms. The Bertz CT molecular complexity index is 261. The molecule has 0 aromatic carbocycles. The van der Waals surface area contributed by atoms with Crippen molar-refractivity contribution < 1.29 is 4.52 Å². The van der Waals surface area contributed by atoms with E-state index in [-0.39, 0.29) is 0 Å². The van der Waals surface area contributed by atoms with Crippen molar-refractivity contribution in [2.75, 3.05) is 0 Å². The lowest BCUT2D eigenvalue weighted by atomic mass is 9.79. The van der Waals surface area contributed by atoms with Crippen LogP contribution in [0.3, 0.4) is 0 Å². The second-order valence-corrected chi connectivity index (χ2v) is 3.93. The maximum absolute atomic E-state index is 5.23. The van der Waals surface area contributed by atoms with E-state index in [9.17, 15) is 0 Å². The van der Waals surface area contributed by atoms with Gasteiger partial charge in [-0.2, -0.15) is 0 Å². The van der Waals surface area contributed by atoms with Gasteiger partial charge in [0.2, 0.25) is 0 Å². The Kier molecular flexibility index (Phi) is 1.91. The summed E-state index contributed by atoms with van der Waals surface area (Å²) in [6.45, 7) is 4.31. The maximum atomic E-state index is 5.23. The Balaban J connectivity index is 2.23. The minimum Gasteiger partial charge on any atom is -0.361 e. The summed E-state index contributed by atoms with van der Waals surface area (Å²) < 4.78 is 5.23. The molecule has 1 fully saturated rings. The van der Waals surface area contributed by atoms with Crippen molar-refractivity contribution in [1.82, 2.24) is 5.16 Å². The van der Waals surface area contributed by atoms with Gasteiger partial charge in [-0.25, -0.2) is 0 Å². The van der Waals surface area contributed by atoms with Crippen LogP contribution in [0.1, 0.15) is 56.3 Å². The van der Waals surface area contributed by atoms with Gasteiger partial charge in [0.05, 0.1) is 6.20 Å². The maximum Gasteiger partial charge on any atom is 0.142 e. The average Bonchev–Trinajstić information content (AvgIpc) is 2.31. The fourth-order valence-corrected chi connectivity index (χ4v) is 1.72. The highest BCUT2D eigenvalue weighted by atomic mass is 16.5. The predicted molar refractivity (Wildman–Crippen MR) is 47.2 cm³/mol. The Labute approximate surface area is 72.9 Å². The summed E-state index contributed by atoms with van der Waals surface area (Å²) in [4.78, 5) is 0. The van der Waals surface area contributed by atoms with Gasteiger partial charge in [0, 0.05) is 11.5 Å². The fraction of sp³-hybridized carbons (Fsp3) is 0.700. The molecule has 2 rings (SSSR count). The lowest BCUT2D eigenvalue weighted by molar-refractivity contribution is 0.358. The average molecular weight is 165 g/mol. The van der Waals surface area contributed by atoms with E-state index >= 15 is 0 Å². The molecule has 0 aliphatic heterocycles. The third-order valence-electron chi connectivity index (χ3n) is 2.70. The first-order valence-corrected chi connectivity index (χ1v) is 4.73. The van der Waals surface area contributed by atoms with Gasteiger partial charge in [0.1, 0.15) is 5.76 Å². The van der Waals surface area contributed by atoms with E-state index in [4.69, 9.17) is 4.52 Å². The van der Waals surface area contributed by atoms with Gasteiger partial charge >= 0.3 is 0 Å². The summed E-state index contributed by atoms with van der Waals surface area (Å²) >= 11 is 0. The van der Waals surface area contributed by atoms with Crippen molar-refractivity contribution in [3.8, 4) is 0 Å². The van der Waals surface area contributed by atoms with Crippen molar-refractivity contribution in [1.29, 1.82) is 0 Å². The second kappa shape index (κ2) is 2.92. The number of nitrogens with zero attached hydrogens (tertiary/aromatic N) is 1. The van der Waals surface area contributed by atoms with Gasteiger partial charge in [-0.05, 0) is 18.8 Å². The van der Waals surface area contributed by atoms with Crippen LogP contribution in [0.15, 0.2) is 10.7 Å². The lowest BCUT2D eigenvalue weighted by Crippen LogP contribution is -2.10. The standard InChI is InChI=1S/C10H15NO/c1-7(2)10-9(6-11-12-10)8-4-3-5-8/h6-8H,3-5H2,1-2H3. The molecule has 0 saturated heterocycles. The van der Waals surface area contributed by atoms with Crippen molar-refractivity contribution >= 4 is 0 Å². The zero-order chi connectivity index (χ0) is 8.55. The van der Waals surface area contributed by atoms with E-state index < -0.39 is 0 Å². The van der Waals surface area contributed by atoms with E-state index in [2.05, 4.69) is 19.0 Å². The lowest BCUT2D eigenvalue weighted by Gasteiger charge is -2.25. The van der Waals surface area contributed by atoms with Crippen LogP contribution in [0, 0.1) is 0 Å². The summed E-state index contributed by atoms with van der Waals surface area (Å²) in [6.07, 6.45) is 5.91. The predicted octanol–water partition coefficient (Wildman–Crippen LogP) is 3.07. The monoisotopic (exact) mass is 165 g/mol. The smallest absolute Gasteiger partial charge is 0.142 e. The Morgan fingerprint density at radius 3 is 2.75 bits per heavy atom. The first-order chi connectivity index (χ1) is 5.79. The minimum absolute atomic E-state index is 0.475. The van der Waals surface area contributed by atoms with E-state index in [1.54, 1.807) is 0 Å².